The average molecular weight is 376 g/mol. The maximum atomic E-state index is 4.50. The molecule has 0 unspecified atom stereocenters. The summed E-state index contributed by atoms with van der Waals surface area (Å²) in [6, 6.07) is 32.3. The smallest absolute Gasteiger partial charge is 0.0802 e. The lowest BCUT2D eigenvalue weighted by Gasteiger charge is -2.07. The minimum Gasteiger partial charge on any atom is -0.309 e. The summed E-state index contributed by atoms with van der Waals surface area (Å²) in [6.07, 6.45) is 1.85. The minimum atomic E-state index is 1.03. The first-order valence-corrected chi connectivity index (χ1v) is 10.1. The van der Waals surface area contributed by atoms with Crippen molar-refractivity contribution in [3.05, 3.63) is 97.2 Å². The Labute approximate surface area is 166 Å². The predicted molar refractivity (Wildman–Crippen MR) is 119 cm³/mol. The molecule has 0 N–H and O–H groups in total. The fourth-order valence-electron chi connectivity index (χ4n) is 4.01. The van der Waals surface area contributed by atoms with Crippen LogP contribution >= 0.6 is 11.3 Å². The Morgan fingerprint density at radius 2 is 1.39 bits per heavy atom. The molecule has 0 bridgehead atoms. The van der Waals surface area contributed by atoms with Gasteiger partial charge in [0.15, 0.2) is 0 Å². The minimum absolute atomic E-state index is 1.03. The lowest BCUT2D eigenvalue weighted by molar-refractivity contribution is 1.19. The fourth-order valence-corrected chi connectivity index (χ4v) is 5.03. The van der Waals surface area contributed by atoms with Crippen molar-refractivity contribution in [1.29, 1.82) is 0 Å². The maximum absolute atomic E-state index is 4.50. The van der Waals surface area contributed by atoms with E-state index in [2.05, 4.69) is 88.4 Å². The van der Waals surface area contributed by atoms with Crippen molar-refractivity contribution in [1.82, 2.24) is 9.55 Å². The van der Waals surface area contributed by atoms with Crippen molar-refractivity contribution in [2.24, 2.45) is 0 Å². The highest BCUT2D eigenvalue weighted by Gasteiger charge is 2.12. The van der Waals surface area contributed by atoms with E-state index in [0.717, 1.165) is 5.69 Å². The molecule has 28 heavy (non-hydrogen) atoms. The molecule has 6 rings (SSSR count). The second kappa shape index (κ2) is 6.04. The first-order valence-electron chi connectivity index (χ1n) is 9.32. The molecular formula is C25H16N2S. The van der Waals surface area contributed by atoms with Crippen LogP contribution in [-0.2, 0) is 0 Å². The van der Waals surface area contributed by atoms with Gasteiger partial charge in [-0.25, -0.2) is 0 Å². The van der Waals surface area contributed by atoms with Crippen LogP contribution in [0.3, 0.4) is 0 Å². The Morgan fingerprint density at radius 3 is 2.11 bits per heavy atom. The lowest BCUT2D eigenvalue weighted by atomic mass is 10.2. The van der Waals surface area contributed by atoms with Crippen LogP contribution in [0.4, 0.5) is 0 Å². The van der Waals surface area contributed by atoms with E-state index in [1.54, 1.807) is 11.3 Å². The summed E-state index contributed by atoms with van der Waals surface area (Å²) in [6.45, 7) is 0. The summed E-state index contributed by atoms with van der Waals surface area (Å²) < 4.78 is 3.65. The number of thiophene rings is 1. The van der Waals surface area contributed by atoms with Gasteiger partial charge in [0.25, 0.3) is 0 Å². The SMILES string of the molecule is c1ccc(-c2cc3cc(-n4c5ccccc5c5ccccc54)ccc3s2)nc1. The lowest BCUT2D eigenvalue weighted by Crippen LogP contribution is -1.92. The monoisotopic (exact) mass is 376 g/mol. The molecule has 0 saturated carbocycles. The fraction of sp³-hybridized carbons (Fsp3) is 0. The molecule has 0 fully saturated rings. The van der Waals surface area contributed by atoms with Gasteiger partial charge < -0.3 is 4.57 Å². The Morgan fingerprint density at radius 1 is 0.679 bits per heavy atom. The predicted octanol–water partition coefficient (Wildman–Crippen LogP) is 7.06. The number of hydrogen-bond acceptors (Lipinski definition) is 2. The Hall–Kier alpha value is -3.43. The number of pyridine rings is 1. The van der Waals surface area contributed by atoms with Crippen LogP contribution < -0.4 is 0 Å². The molecule has 2 nitrogen and oxygen atoms in total. The van der Waals surface area contributed by atoms with Crippen LogP contribution in [0.5, 0.6) is 0 Å². The van der Waals surface area contributed by atoms with Gasteiger partial charge in [-0.15, -0.1) is 11.3 Å². The van der Waals surface area contributed by atoms with E-state index >= 15 is 0 Å². The molecule has 0 spiro atoms. The highest BCUT2D eigenvalue weighted by atomic mass is 32.1. The van der Waals surface area contributed by atoms with Gasteiger partial charge in [0.2, 0.25) is 0 Å². The summed E-state index contributed by atoms with van der Waals surface area (Å²) in [4.78, 5) is 5.71. The average Bonchev–Trinajstić information content (AvgIpc) is 3.33. The number of rotatable bonds is 2. The normalized spacial score (nSPS) is 11.6. The number of benzene rings is 3. The van der Waals surface area contributed by atoms with Crippen molar-refractivity contribution < 1.29 is 0 Å². The van der Waals surface area contributed by atoms with Gasteiger partial charge in [-0.05, 0) is 53.9 Å². The molecule has 0 aliphatic rings. The van der Waals surface area contributed by atoms with Crippen molar-refractivity contribution in [2.45, 2.75) is 0 Å². The van der Waals surface area contributed by atoms with Crippen LogP contribution in [0.15, 0.2) is 97.2 Å². The molecule has 3 aromatic carbocycles. The molecule has 3 heterocycles. The second-order valence-electron chi connectivity index (χ2n) is 6.92. The van der Waals surface area contributed by atoms with E-state index < -0.39 is 0 Å². The van der Waals surface area contributed by atoms with Gasteiger partial charge >= 0.3 is 0 Å². The van der Waals surface area contributed by atoms with Crippen LogP contribution in [0.25, 0.3) is 48.2 Å². The van der Waals surface area contributed by atoms with Gasteiger partial charge in [-0.1, -0.05) is 42.5 Å². The Balaban J connectivity index is 1.61. The molecule has 0 atom stereocenters. The molecular weight excluding hydrogens is 360 g/mol. The van der Waals surface area contributed by atoms with Gasteiger partial charge in [0.1, 0.15) is 0 Å². The highest BCUT2D eigenvalue weighted by Crippen LogP contribution is 2.36. The molecule has 3 aromatic heterocycles. The zero-order valence-electron chi connectivity index (χ0n) is 15.0. The van der Waals surface area contributed by atoms with Crippen LogP contribution in [0, 0.1) is 0 Å². The van der Waals surface area contributed by atoms with E-state index in [1.807, 2.05) is 18.3 Å². The quantitative estimate of drug-likeness (QED) is 0.316. The van der Waals surface area contributed by atoms with Crippen molar-refractivity contribution >= 4 is 43.2 Å². The van der Waals surface area contributed by atoms with Crippen LogP contribution in [0.2, 0.25) is 0 Å². The standard InChI is InChI=1S/C25H16N2S/c1-3-10-22-19(7-1)20-8-2-4-11-23(20)27(22)18-12-13-24-17(15-18)16-25(28-24)21-9-5-6-14-26-21/h1-16H. The van der Waals surface area contributed by atoms with Crippen molar-refractivity contribution in [3.63, 3.8) is 0 Å². The van der Waals surface area contributed by atoms with Crippen molar-refractivity contribution in [3.8, 4) is 16.3 Å². The van der Waals surface area contributed by atoms with E-state index in [4.69, 9.17) is 0 Å². The molecule has 0 aliphatic heterocycles. The van der Waals surface area contributed by atoms with Gasteiger partial charge in [0, 0.05) is 27.4 Å². The summed E-state index contributed by atoms with van der Waals surface area (Å²) in [5.74, 6) is 0. The summed E-state index contributed by atoms with van der Waals surface area (Å²) in [7, 11) is 0. The van der Waals surface area contributed by atoms with Crippen LogP contribution in [-0.4, -0.2) is 9.55 Å². The van der Waals surface area contributed by atoms with E-state index in [1.165, 1.54) is 42.5 Å². The van der Waals surface area contributed by atoms with Gasteiger partial charge in [-0.2, -0.15) is 0 Å². The van der Waals surface area contributed by atoms with Crippen molar-refractivity contribution in [2.75, 3.05) is 0 Å². The first kappa shape index (κ1) is 15.6. The molecule has 0 aliphatic carbocycles. The Bertz CT molecular complexity index is 1400. The molecule has 0 radical (unpaired) electrons. The van der Waals surface area contributed by atoms with Crippen LogP contribution in [0.1, 0.15) is 0 Å². The third-order valence-corrected chi connectivity index (χ3v) is 6.39. The molecule has 6 aromatic rings. The zero-order chi connectivity index (χ0) is 18.5. The Kier molecular flexibility index (Phi) is 3.37. The number of nitrogens with zero attached hydrogens (tertiary/aromatic N) is 2. The number of hydrogen-bond donors (Lipinski definition) is 0. The van der Waals surface area contributed by atoms with Gasteiger partial charge in [0.05, 0.1) is 21.6 Å². The largest absolute Gasteiger partial charge is 0.309 e. The highest BCUT2D eigenvalue weighted by molar-refractivity contribution is 7.22. The molecule has 132 valence electrons. The van der Waals surface area contributed by atoms with E-state index in [9.17, 15) is 0 Å². The molecule has 3 heteroatoms. The third kappa shape index (κ3) is 2.30. The number of fused-ring (bicyclic) bond motifs is 4. The summed E-state index contributed by atoms with van der Waals surface area (Å²) >= 11 is 1.79. The summed E-state index contributed by atoms with van der Waals surface area (Å²) in [5, 5.41) is 3.83. The third-order valence-electron chi connectivity index (χ3n) is 5.26. The van der Waals surface area contributed by atoms with E-state index in [0.29, 0.717) is 0 Å². The van der Waals surface area contributed by atoms with E-state index in [-0.39, 0.29) is 0 Å². The molecule has 0 saturated heterocycles. The number of aromatic nitrogens is 2. The maximum Gasteiger partial charge on any atom is 0.0802 e. The first-order chi connectivity index (χ1) is 13.9. The molecule has 0 amide bonds. The van der Waals surface area contributed by atoms with Gasteiger partial charge in [-0.3, -0.25) is 4.98 Å². The topological polar surface area (TPSA) is 17.8 Å². The summed E-state index contributed by atoms with van der Waals surface area (Å²) in [5.41, 5.74) is 4.70. The number of para-hydroxylation sites is 2. The zero-order valence-corrected chi connectivity index (χ0v) is 15.9. The second-order valence-corrected chi connectivity index (χ2v) is 8.00.